The van der Waals surface area contributed by atoms with E-state index in [2.05, 4.69) is 0 Å². The van der Waals surface area contributed by atoms with Gasteiger partial charge in [-0.15, -0.1) is 0 Å². The highest BCUT2D eigenvalue weighted by molar-refractivity contribution is 5.65. The smallest absolute Gasteiger partial charge is 0.385 e. The number of unbranched alkanes of at least 4 members (excludes halogenated alkanes) is 3. The van der Waals surface area contributed by atoms with Crippen LogP contribution in [0.1, 0.15) is 68.4 Å². The van der Waals surface area contributed by atoms with Crippen LogP contribution in [0.5, 0.6) is 0 Å². The Hall–Kier alpha value is -2.06. The molecule has 0 aromatic heterocycles. The van der Waals surface area contributed by atoms with Crippen LogP contribution in [-0.2, 0) is 15.7 Å². The summed E-state index contributed by atoms with van der Waals surface area (Å²) in [6, 6.07) is 5.40. The van der Waals surface area contributed by atoms with Gasteiger partial charge in [0.1, 0.15) is 23.0 Å². The summed E-state index contributed by atoms with van der Waals surface area (Å²) in [6.45, 7) is 1.51. The molecule has 1 aliphatic carbocycles. The zero-order valence-corrected chi connectivity index (χ0v) is 19.2. The normalized spacial score (nSPS) is 18.9. The molecule has 0 radical (unpaired) electrons. The summed E-state index contributed by atoms with van der Waals surface area (Å²) in [4.78, 5) is 0. The maximum Gasteiger partial charge on any atom is 0.422 e. The quantitative estimate of drug-likeness (QED) is 0.249. The Bertz CT molecular complexity index is 912. The van der Waals surface area contributed by atoms with Crippen molar-refractivity contribution >= 4 is 0 Å². The zero-order chi connectivity index (χ0) is 24.7. The largest absolute Gasteiger partial charge is 0.422 e. The van der Waals surface area contributed by atoms with Crippen LogP contribution in [0.25, 0.3) is 11.1 Å². The molecule has 2 aromatic rings. The van der Waals surface area contributed by atoms with Crippen molar-refractivity contribution in [1.29, 1.82) is 0 Å². The van der Waals surface area contributed by atoms with Crippen LogP contribution < -0.4 is 0 Å². The van der Waals surface area contributed by atoms with Crippen molar-refractivity contribution in [2.24, 2.45) is 0 Å². The molecule has 3 rings (SSSR count). The molecule has 0 amide bonds. The SMILES string of the molecule is COCCCCCCOC1CCC(c2ccc(-c3cc(F)c(C(F)(F)F)c(F)c3)c(F)c2)CC1. The van der Waals surface area contributed by atoms with Gasteiger partial charge in [-0.2, -0.15) is 13.2 Å². The van der Waals surface area contributed by atoms with E-state index in [4.69, 9.17) is 9.47 Å². The highest BCUT2D eigenvalue weighted by Gasteiger charge is 2.38. The number of hydrogen-bond donors (Lipinski definition) is 0. The minimum absolute atomic E-state index is 0.138. The standard InChI is InChI=1S/C26H30F6O2/c1-33-12-4-2-3-5-13-34-20-9-6-17(7-10-20)18-8-11-21(22(27)14-18)19-15-23(28)25(24(29)16-19)26(30,31)32/h8,11,14-17,20H,2-7,9-10,12-13H2,1H3. The minimum atomic E-state index is -5.16. The third kappa shape index (κ3) is 6.98. The van der Waals surface area contributed by atoms with E-state index < -0.39 is 29.2 Å². The number of alkyl halides is 3. The van der Waals surface area contributed by atoms with E-state index in [9.17, 15) is 26.3 Å². The van der Waals surface area contributed by atoms with Gasteiger partial charge < -0.3 is 9.47 Å². The fourth-order valence-corrected chi connectivity index (χ4v) is 4.53. The number of methoxy groups -OCH3 is 1. The predicted octanol–water partition coefficient (Wildman–Crippen LogP) is 8.04. The number of benzene rings is 2. The average Bonchev–Trinajstić information content (AvgIpc) is 2.77. The third-order valence-electron chi connectivity index (χ3n) is 6.37. The second kappa shape index (κ2) is 12.1. The van der Waals surface area contributed by atoms with Crippen molar-refractivity contribution in [3.8, 4) is 11.1 Å². The van der Waals surface area contributed by atoms with Gasteiger partial charge in [0.2, 0.25) is 0 Å². The summed E-state index contributed by atoms with van der Waals surface area (Å²) in [5.41, 5.74) is -1.62. The molecule has 2 aromatic carbocycles. The first kappa shape index (κ1) is 26.5. The number of ether oxygens (including phenoxy) is 2. The van der Waals surface area contributed by atoms with Crippen LogP contribution in [0.15, 0.2) is 30.3 Å². The van der Waals surface area contributed by atoms with Gasteiger partial charge >= 0.3 is 6.18 Å². The monoisotopic (exact) mass is 488 g/mol. The van der Waals surface area contributed by atoms with Gasteiger partial charge in [0.15, 0.2) is 0 Å². The van der Waals surface area contributed by atoms with Crippen molar-refractivity contribution in [3.63, 3.8) is 0 Å². The van der Waals surface area contributed by atoms with E-state index >= 15 is 0 Å². The van der Waals surface area contributed by atoms with Gasteiger partial charge in [-0.25, -0.2) is 13.2 Å². The van der Waals surface area contributed by atoms with E-state index in [0.29, 0.717) is 12.1 Å². The molecule has 0 N–H and O–H groups in total. The molecular weight excluding hydrogens is 458 g/mol. The van der Waals surface area contributed by atoms with Crippen LogP contribution in [-0.4, -0.2) is 26.4 Å². The lowest BCUT2D eigenvalue weighted by atomic mass is 9.82. The third-order valence-corrected chi connectivity index (χ3v) is 6.37. The molecular formula is C26H30F6O2. The van der Waals surface area contributed by atoms with Gasteiger partial charge in [-0.05, 0) is 73.8 Å². The van der Waals surface area contributed by atoms with E-state index in [1.807, 2.05) is 0 Å². The van der Waals surface area contributed by atoms with Gasteiger partial charge in [0.25, 0.3) is 0 Å². The van der Waals surface area contributed by atoms with Crippen LogP contribution in [0.3, 0.4) is 0 Å². The summed E-state index contributed by atoms with van der Waals surface area (Å²) in [5, 5.41) is 0. The Morgan fingerprint density at radius 1 is 0.794 bits per heavy atom. The molecule has 1 fully saturated rings. The second-order valence-electron chi connectivity index (χ2n) is 8.80. The summed E-state index contributed by atoms with van der Waals surface area (Å²) < 4.78 is 92.0. The summed E-state index contributed by atoms with van der Waals surface area (Å²) in [5.74, 6) is -4.11. The zero-order valence-electron chi connectivity index (χ0n) is 19.2. The second-order valence-corrected chi connectivity index (χ2v) is 8.80. The van der Waals surface area contributed by atoms with Gasteiger partial charge in [0, 0.05) is 25.9 Å². The summed E-state index contributed by atoms with van der Waals surface area (Å²) >= 11 is 0. The molecule has 1 saturated carbocycles. The van der Waals surface area contributed by atoms with E-state index in [0.717, 1.165) is 70.1 Å². The first-order valence-corrected chi connectivity index (χ1v) is 11.7. The van der Waals surface area contributed by atoms with Crippen molar-refractivity contribution < 1.29 is 35.8 Å². The van der Waals surface area contributed by atoms with Crippen LogP contribution in [0.2, 0.25) is 0 Å². The number of halogens is 6. The molecule has 0 atom stereocenters. The highest BCUT2D eigenvalue weighted by Crippen LogP contribution is 2.38. The molecule has 2 nitrogen and oxygen atoms in total. The van der Waals surface area contributed by atoms with Crippen molar-refractivity contribution in [2.45, 2.75) is 69.6 Å². The van der Waals surface area contributed by atoms with Crippen LogP contribution in [0, 0.1) is 17.5 Å². The molecule has 1 aliphatic rings. The molecule has 8 heteroatoms. The lowest BCUT2D eigenvalue weighted by Crippen LogP contribution is -2.21. The van der Waals surface area contributed by atoms with Gasteiger partial charge in [0.05, 0.1) is 6.10 Å². The molecule has 0 spiro atoms. The summed E-state index contributed by atoms with van der Waals surface area (Å²) in [7, 11) is 1.70. The molecule has 0 bridgehead atoms. The predicted molar refractivity (Wildman–Crippen MR) is 118 cm³/mol. The average molecular weight is 489 g/mol. The maximum atomic E-state index is 14.8. The van der Waals surface area contributed by atoms with Crippen molar-refractivity contribution in [2.75, 3.05) is 20.3 Å². The minimum Gasteiger partial charge on any atom is -0.385 e. The molecule has 34 heavy (non-hydrogen) atoms. The maximum absolute atomic E-state index is 14.8. The Kier molecular flexibility index (Phi) is 9.42. The lowest BCUT2D eigenvalue weighted by Gasteiger charge is -2.29. The van der Waals surface area contributed by atoms with Gasteiger partial charge in [-0.3, -0.25) is 0 Å². The Labute approximate surface area is 196 Å². The Morgan fingerprint density at radius 3 is 1.97 bits per heavy atom. The Balaban J connectivity index is 1.55. The number of hydrogen-bond acceptors (Lipinski definition) is 2. The fraction of sp³-hybridized carbons (Fsp3) is 0.538. The first-order chi connectivity index (χ1) is 16.2. The molecule has 0 heterocycles. The van der Waals surface area contributed by atoms with Crippen LogP contribution in [0.4, 0.5) is 26.3 Å². The van der Waals surface area contributed by atoms with E-state index in [1.54, 1.807) is 13.2 Å². The Morgan fingerprint density at radius 2 is 1.41 bits per heavy atom. The van der Waals surface area contributed by atoms with E-state index in [1.165, 1.54) is 12.1 Å². The highest BCUT2D eigenvalue weighted by atomic mass is 19.4. The summed E-state index contributed by atoms with van der Waals surface area (Å²) in [6.07, 6.45) is 2.73. The molecule has 0 unspecified atom stereocenters. The van der Waals surface area contributed by atoms with Gasteiger partial charge in [-0.1, -0.05) is 25.0 Å². The van der Waals surface area contributed by atoms with E-state index in [-0.39, 0.29) is 23.1 Å². The van der Waals surface area contributed by atoms with Crippen molar-refractivity contribution in [1.82, 2.24) is 0 Å². The molecule has 188 valence electrons. The lowest BCUT2D eigenvalue weighted by molar-refractivity contribution is -0.142. The fourth-order valence-electron chi connectivity index (χ4n) is 4.53. The number of rotatable bonds is 10. The topological polar surface area (TPSA) is 18.5 Å². The molecule has 0 saturated heterocycles. The first-order valence-electron chi connectivity index (χ1n) is 11.7. The van der Waals surface area contributed by atoms with Crippen molar-refractivity contribution in [3.05, 3.63) is 58.9 Å². The van der Waals surface area contributed by atoms with Crippen LogP contribution >= 0.6 is 0 Å². The molecule has 0 aliphatic heterocycles.